The van der Waals surface area contributed by atoms with Crippen molar-refractivity contribution in [2.24, 2.45) is 0 Å². The van der Waals surface area contributed by atoms with E-state index in [-0.39, 0.29) is 0 Å². The molecule has 116 valence electrons. The van der Waals surface area contributed by atoms with Crippen LogP contribution in [0.1, 0.15) is 17.2 Å². The SMILES string of the molecule is COc1c(Br)cccc1CN1CCNCC1c1ccncc1. The van der Waals surface area contributed by atoms with Gasteiger partial charge in [-0.25, -0.2) is 0 Å². The molecule has 0 aliphatic carbocycles. The van der Waals surface area contributed by atoms with E-state index in [1.807, 2.05) is 18.5 Å². The van der Waals surface area contributed by atoms with Crippen LogP contribution in [-0.4, -0.2) is 36.6 Å². The van der Waals surface area contributed by atoms with Gasteiger partial charge in [-0.05, 0) is 39.7 Å². The van der Waals surface area contributed by atoms with E-state index < -0.39 is 0 Å². The molecule has 2 aromatic rings. The van der Waals surface area contributed by atoms with Gasteiger partial charge < -0.3 is 10.1 Å². The number of rotatable bonds is 4. The molecule has 0 bridgehead atoms. The fourth-order valence-corrected chi connectivity index (χ4v) is 3.54. The van der Waals surface area contributed by atoms with Crippen LogP contribution in [-0.2, 0) is 6.54 Å². The Kier molecular flexibility index (Phi) is 5.08. The van der Waals surface area contributed by atoms with Crippen LogP contribution in [0.3, 0.4) is 0 Å². The van der Waals surface area contributed by atoms with E-state index in [4.69, 9.17) is 4.74 Å². The molecule has 0 saturated carbocycles. The van der Waals surface area contributed by atoms with Gasteiger partial charge in [-0.3, -0.25) is 9.88 Å². The molecule has 0 radical (unpaired) electrons. The average Bonchev–Trinajstić information content (AvgIpc) is 2.56. The highest BCUT2D eigenvalue weighted by Crippen LogP contribution is 2.32. The van der Waals surface area contributed by atoms with Crippen LogP contribution < -0.4 is 10.1 Å². The molecule has 3 rings (SSSR count). The number of benzene rings is 1. The van der Waals surface area contributed by atoms with Crippen LogP contribution >= 0.6 is 15.9 Å². The highest BCUT2D eigenvalue weighted by atomic mass is 79.9. The number of piperazine rings is 1. The molecule has 2 heterocycles. The van der Waals surface area contributed by atoms with E-state index in [1.54, 1.807) is 7.11 Å². The molecule has 1 aromatic carbocycles. The Hall–Kier alpha value is -1.43. The van der Waals surface area contributed by atoms with Crippen molar-refractivity contribution < 1.29 is 4.74 Å². The summed E-state index contributed by atoms with van der Waals surface area (Å²) in [5.41, 5.74) is 2.51. The van der Waals surface area contributed by atoms with E-state index in [0.29, 0.717) is 6.04 Å². The van der Waals surface area contributed by atoms with E-state index in [9.17, 15) is 0 Å². The van der Waals surface area contributed by atoms with Crippen molar-refractivity contribution in [2.45, 2.75) is 12.6 Å². The van der Waals surface area contributed by atoms with E-state index in [1.165, 1.54) is 11.1 Å². The molecule has 1 N–H and O–H groups in total. The third-order valence-electron chi connectivity index (χ3n) is 4.07. The van der Waals surface area contributed by atoms with Crippen LogP contribution in [0.4, 0.5) is 0 Å². The zero-order valence-electron chi connectivity index (χ0n) is 12.6. The van der Waals surface area contributed by atoms with Crippen molar-refractivity contribution in [3.63, 3.8) is 0 Å². The van der Waals surface area contributed by atoms with Crippen molar-refractivity contribution in [1.29, 1.82) is 0 Å². The number of para-hydroxylation sites is 1. The predicted molar refractivity (Wildman–Crippen MR) is 91.0 cm³/mol. The van der Waals surface area contributed by atoms with Gasteiger partial charge in [-0.1, -0.05) is 12.1 Å². The zero-order chi connectivity index (χ0) is 15.4. The van der Waals surface area contributed by atoms with Gasteiger partial charge in [0.2, 0.25) is 0 Å². The zero-order valence-corrected chi connectivity index (χ0v) is 14.2. The maximum absolute atomic E-state index is 5.56. The number of pyridine rings is 1. The van der Waals surface area contributed by atoms with Gasteiger partial charge in [0.1, 0.15) is 5.75 Å². The van der Waals surface area contributed by atoms with E-state index in [0.717, 1.165) is 36.4 Å². The number of hydrogen-bond acceptors (Lipinski definition) is 4. The van der Waals surface area contributed by atoms with Crippen LogP contribution in [0.15, 0.2) is 47.2 Å². The second-order valence-corrected chi connectivity index (χ2v) is 6.26. The summed E-state index contributed by atoms with van der Waals surface area (Å²) in [4.78, 5) is 6.62. The molecule has 4 nitrogen and oxygen atoms in total. The fraction of sp³-hybridized carbons (Fsp3) is 0.353. The Bertz CT molecular complexity index is 621. The number of nitrogens with one attached hydrogen (secondary N) is 1. The first-order valence-electron chi connectivity index (χ1n) is 7.45. The van der Waals surface area contributed by atoms with Gasteiger partial charge in [0.25, 0.3) is 0 Å². The van der Waals surface area contributed by atoms with Gasteiger partial charge in [0.15, 0.2) is 0 Å². The molecular weight excluding hydrogens is 342 g/mol. The Morgan fingerprint density at radius 1 is 1.32 bits per heavy atom. The smallest absolute Gasteiger partial charge is 0.137 e. The molecule has 0 amide bonds. The Balaban J connectivity index is 1.85. The topological polar surface area (TPSA) is 37.4 Å². The number of ether oxygens (including phenoxy) is 1. The summed E-state index contributed by atoms with van der Waals surface area (Å²) >= 11 is 3.57. The van der Waals surface area contributed by atoms with Crippen LogP contribution in [0.25, 0.3) is 0 Å². The minimum atomic E-state index is 0.362. The van der Waals surface area contributed by atoms with Crippen molar-refractivity contribution in [3.05, 3.63) is 58.3 Å². The summed E-state index contributed by atoms with van der Waals surface area (Å²) in [6.07, 6.45) is 3.73. The van der Waals surface area contributed by atoms with Crippen molar-refractivity contribution in [1.82, 2.24) is 15.2 Å². The number of hydrogen-bond donors (Lipinski definition) is 1. The summed E-state index contributed by atoms with van der Waals surface area (Å²) < 4.78 is 6.56. The Morgan fingerprint density at radius 2 is 2.14 bits per heavy atom. The summed E-state index contributed by atoms with van der Waals surface area (Å²) in [5, 5.41) is 3.49. The summed E-state index contributed by atoms with van der Waals surface area (Å²) in [7, 11) is 1.72. The highest BCUT2D eigenvalue weighted by Gasteiger charge is 2.24. The first-order chi connectivity index (χ1) is 10.8. The highest BCUT2D eigenvalue weighted by molar-refractivity contribution is 9.10. The molecule has 0 spiro atoms. The lowest BCUT2D eigenvalue weighted by molar-refractivity contribution is 0.152. The maximum atomic E-state index is 5.56. The third-order valence-corrected chi connectivity index (χ3v) is 4.70. The normalized spacial score (nSPS) is 19.1. The standard InChI is InChI=1S/C17H20BrN3O/c1-22-17-14(3-2-4-15(17)18)12-21-10-9-20-11-16(21)13-5-7-19-8-6-13/h2-8,16,20H,9-12H2,1H3. The van der Waals surface area contributed by atoms with Gasteiger partial charge in [-0.15, -0.1) is 0 Å². The van der Waals surface area contributed by atoms with Crippen LogP contribution in [0.2, 0.25) is 0 Å². The molecule has 22 heavy (non-hydrogen) atoms. The lowest BCUT2D eigenvalue weighted by Gasteiger charge is -2.36. The molecule has 1 atom stereocenters. The lowest BCUT2D eigenvalue weighted by Crippen LogP contribution is -2.45. The first-order valence-corrected chi connectivity index (χ1v) is 8.25. The summed E-state index contributed by atoms with van der Waals surface area (Å²) in [6.45, 7) is 3.86. The molecule has 5 heteroatoms. The van der Waals surface area contributed by atoms with E-state index in [2.05, 4.69) is 55.4 Å². The predicted octanol–water partition coefficient (Wildman–Crippen LogP) is 3.00. The molecule has 1 aromatic heterocycles. The van der Waals surface area contributed by atoms with Gasteiger partial charge in [0.05, 0.1) is 11.6 Å². The molecule has 1 aliphatic heterocycles. The molecule has 1 fully saturated rings. The lowest BCUT2D eigenvalue weighted by atomic mass is 10.0. The van der Waals surface area contributed by atoms with E-state index >= 15 is 0 Å². The second kappa shape index (κ2) is 7.22. The minimum absolute atomic E-state index is 0.362. The van der Waals surface area contributed by atoms with Gasteiger partial charge in [0, 0.05) is 50.2 Å². The van der Waals surface area contributed by atoms with Crippen LogP contribution in [0.5, 0.6) is 5.75 Å². The number of halogens is 1. The number of nitrogens with zero attached hydrogens (tertiary/aromatic N) is 2. The minimum Gasteiger partial charge on any atom is -0.495 e. The molecule has 1 saturated heterocycles. The Morgan fingerprint density at radius 3 is 2.91 bits per heavy atom. The monoisotopic (exact) mass is 361 g/mol. The van der Waals surface area contributed by atoms with Crippen molar-refractivity contribution in [3.8, 4) is 5.75 Å². The Labute approximate surface area is 139 Å². The van der Waals surface area contributed by atoms with Crippen molar-refractivity contribution >= 4 is 15.9 Å². The maximum Gasteiger partial charge on any atom is 0.137 e. The number of methoxy groups -OCH3 is 1. The third kappa shape index (κ3) is 3.32. The average molecular weight is 362 g/mol. The molecule has 1 aliphatic rings. The molecular formula is C17H20BrN3O. The number of aromatic nitrogens is 1. The first kappa shape index (κ1) is 15.5. The largest absolute Gasteiger partial charge is 0.495 e. The van der Waals surface area contributed by atoms with Crippen LogP contribution in [0, 0.1) is 0 Å². The quantitative estimate of drug-likeness (QED) is 0.908. The van der Waals surface area contributed by atoms with Gasteiger partial charge in [-0.2, -0.15) is 0 Å². The second-order valence-electron chi connectivity index (χ2n) is 5.40. The summed E-state index contributed by atoms with van der Waals surface area (Å²) in [5.74, 6) is 0.925. The summed E-state index contributed by atoms with van der Waals surface area (Å²) in [6, 6.07) is 10.8. The van der Waals surface area contributed by atoms with Gasteiger partial charge >= 0.3 is 0 Å². The van der Waals surface area contributed by atoms with Crippen molar-refractivity contribution in [2.75, 3.05) is 26.7 Å². The fourth-order valence-electron chi connectivity index (χ4n) is 2.98. The molecule has 1 unspecified atom stereocenters.